The molecule has 44 heavy (non-hydrogen) atoms. The third-order valence-corrected chi connectivity index (χ3v) is 9.00. The number of methoxy groups -OCH3 is 2. The summed E-state index contributed by atoms with van der Waals surface area (Å²) in [5, 5.41) is 11.1. The van der Waals surface area contributed by atoms with Crippen LogP contribution in [-0.4, -0.2) is 47.6 Å². The van der Waals surface area contributed by atoms with Crippen molar-refractivity contribution < 1.29 is 23.6 Å². The van der Waals surface area contributed by atoms with Gasteiger partial charge in [0.05, 0.1) is 34.9 Å². The average Bonchev–Trinajstić information content (AvgIpc) is 3.60. The zero-order valence-corrected chi connectivity index (χ0v) is 27.0. The number of halogens is 1. The minimum atomic E-state index is -0.824. The Morgan fingerprint density at radius 1 is 1.16 bits per heavy atom. The van der Waals surface area contributed by atoms with Crippen molar-refractivity contribution in [1.29, 1.82) is 0 Å². The van der Waals surface area contributed by atoms with E-state index in [1.807, 2.05) is 13.8 Å². The van der Waals surface area contributed by atoms with Crippen LogP contribution in [0, 0.1) is 10.1 Å². The van der Waals surface area contributed by atoms with E-state index in [0.29, 0.717) is 72.3 Å². The summed E-state index contributed by atoms with van der Waals surface area (Å²) in [5.41, 5.74) is 1.69. The van der Waals surface area contributed by atoms with Gasteiger partial charge < -0.3 is 18.8 Å². The molecule has 13 heteroatoms. The van der Waals surface area contributed by atoms with E-state index in [1.165, 1.54) is 35.1 Å². The zero-order valence-electron chi connectivity index (χ0n) is 24.6. The highest BCUT2D eigenvalue weighted by atomic mass is 79.9. The van der Waals surface area contributed by atoms with E-state index >= 15 is 0 Å². The van der Waals surface area contributed by atoms with Crippen LogP contribution in [0.15, 0.2) is 78.5 Å². The highest BCUT2D eigenvalue weighted by molar-refractivity contribution is 9.10. The smallest absolute Gasteiger partial charge is 0.271 e. The fourth-order valence-corrected chi connectivity index (χ4v) is 6.73. The first-order chi connectivity index (χ1) is 21.1. The van der Waals surface area contributed by atoms with Crippen LogP contribution in [0.25, 0.3) is 17.4 Å². The lowest BCUT2D eigenvalue weighted by Crippen LogP contribution is -2.43. The molecule has 0 spiro atoms. The minimum absolute atomic E-state index is 0.0510. The van der Waals surface area contributed by atoms with Gasteiger partial charge >= 0.3 is 0 Å². The van der Waals surface area contributed by atoms with Crippen LogP contribution >= 0.6 is 27.3 Å². The van der Waals surface area contributed by atoms with Gasteiger partial charge in [-0.05, 0) is 73.1 Å². The first-order valence-corrected chi connectivity index (χ1v) is 15.3. The maximum absolute atomic E-state index is 14.1. The molecule has 2 aromatic heterocycles. The van der Waals surface area contributed by atoms with Gasteiger partial charge in [0.15, 0.2) is 4.80 Å². The fraction of sp³-hybridized carbons (Fsp3) is 0.258. The molecule has 1 atom stereocenters. The monoisotopic (exact) mass is 680 g/mol. The number of aromatic nitrogens is 1. The molecular formula is C31H29BrN4O7S. The molecule has 228 valence electrons. The molecule has 0 radical (unpaired) electrons. The van der Waals surface area contributed by atoms with Gasteiger partial charge in [-0.3, -0.25) is 24.3 Å². The van der Waals surface area contributed by atoms with E-state index in [9.17, 15) is 19.7 Å². The molecule has 0 fully saturated rings. The van der Waals surface area contributed by atoms with E-state index < -0.39 is 11.0 Å². The van der Waals surface area contributed by atoms with Crippen molar-refractivity contribution in [3.8, 4) is 22.8 Å². The number of allylic oxidation sites excluding steroid dienone is 1. The predicted molar refractivity (Wildman–Crippen MR) is 170 cm³/mol. The maximum atomic E-state index is 14.1. The molecule has 0 saturated carbocycles. The summed E-state index contributed by atoms with van der Waals surface area (Å²) in [6.07, 6.45) is 1.62. The molecule has 1 aliphatic heterocycles. The molecule has 1 aliphatic rings. The van der Waals surface area contributed by atoms with Crippen molar-refractivity contribution in [2.45, 2.75) is 26.8 Å². The Morgan fingerprint density at radius 3 is 2.55 bits per heavy atom. The number of nitro benzene ring substituents is 1. The van der Waals surface area contributed by atoms with Crippen LogP contribution in [-0.2, 0) is 4.79 Å². The van der Waals surface area contributed by atoms with Crippen molar-refractivity contribution in [1.82, 2.24) is 9.47 Å². The van der Waals surface area contributed by atoms with Gasteiger partial charge in [0, 0.05) is 46.9 Å². The summed E-state index contributed by atoms with van der Waals surface area (Å²) in [4.78, 5) is 45.5. The second-order valence-electron chi connectivity index (χ2n) is 9.79. The Balaban J connectivity index is 1.67. The van der Waals surface area contributed by atoms with Crippen LogP contribution < -0.4 is 24.4 Å². The van der Waals surface area contributed by atoms with Crippen molar-refractivity contribution in [2.24, 2.45) is 4.99 Å². The summed E-state index contributed by atoms with van der Waals surface area (Å²) < 4.78 is 19.6. The predicted octanol–water partition coefficient (Wildman–Crippen LogP) is 5.05. The van der Waals surface area contributed by atoms with Crippen molar-refractivity contribution in [3.63, 3.8) is 0 Å². The number of nitro groups is 1. The summed E-state index contributed by atoms with van der Waals surface area (Å²) in [6, 6.07) is 12.3. The van der Waals surface area contributed by atoms with E-state index in [1.54, 1.807) is 61.4 Å². The Hall–Kier alpha value is -4.49. The zero-order chi connectivity index (χ0) is 31.7. The van der Waals surface area contributed by atoms with Gasteiger partial charge in [0.25, 0.3) is 17.2 Å². The third kappa shape index (κ3) is 5.60. The van der Waals surface area contributed by atoms with E-state index in [2.05, 4.69) is 15.9 Å². The topological polar surface area (TPSA) is 129 Å². The molecule has 0 aliphatic carbocycles. The molecular weight excluding hydrogens is 652 g/mol. The lowest BCUT2D eigenvalue weighted by molar-refractivity contribution is -0.384. The summed E-state index contributed by atoms with van der Waals surface area (Å²) in [5.74, 6) is 1.70. The number of thiazole rings is 1. The summed E-state index contributed by atoms with van der Waals surface area (Å²) in [6.45, 7) is 6.56. The number of carbonyl (C=O) groups excluding carboxylic acids is 1. The average molecular weight is 682 g/mol. The summed E-state index contributed by atoms with van der Waals surface area (Å²) in [7, 11) is 3.09. The first kappa shape index (κ1) is 31.0. The maximum Gasteiger partial charge on any atom is 0.271 e. The molecule has 0 N–H and O–H groups in total. The quantitative estimate of drug-likeness (QED) is 0.179. The largest absolute Gasteiger partial charge is 0.497 e. The normalized spacial score (nSPS) is 14.7. The second kappa shape index (κ2) is 12.6. The number of hydrogen-bond donors (Lipinski definition) is 0. The number of benzene rings is 2. The molecule has 1 amide bonds. The van der Waals surface area contributed by atoms with Crippen LogP contribution in [0.3, 0.4) is 0 Å². The Bertz CT molecular complexity index is 1990. The fourth-order valence-electron chi connectivity index (χ4n) is 5.15. The van der Waals surface area contributed by atoms with Crippen LogP contribution in [0.2, 0.25) is 0 Å². The standard InChI is InChI=1S/C31H29BrN4O7S/c1-6-34(7-2)30(38)27-17(3)33-31-35(28(27)22-15-19(41-4)9-12-24(22)42-5)29(37)26(44-31)16-20-10-13-25(43-20)21-11-8-18(36(39)40)14-23(21)32/h8-16,28H,6-7H2,1-5H3/b26-16+/t28-/m0/s1. The van der Waals surface area contributed by atoms with Gasteiger partial charge in [0.1, 0.15) is 29.1 Å². The number of rotatable bonds is 9. The highest BCUT2D eigenvalue weighted by Gasteiger charge is 2.36. The number of amides is 1. The number of ether oxygens (including phenoxy) is 2. The molecule has 0 saturated heterocycles. The van der Waals surface area contributed by atoms with E-state index in [-0.39, 0.29) is 17.2 Å². The number of furan rings is 1. The van der Waals surface area contributed by atoms with Gasteiger partial charge in [-0.1, -0.05) is 11.3 Å². The molecule has 0 bridgehead atoms. The van der Waals surface area contributed by atoms with E-state index in [0.717, 1.165) is 0 Å². The van der Waals surface area contributed by atoms with Gasteiger partial charge in [-0.2, -0.15) is 0 Å². The number of nitrogens with zero attached hydrogens (tertiary/aromatic N) is 4. The van der Waals surface area contributed by atoms with Gasteiger partial charge in [-0.25, -0.2) is 4.99 Å². The number of hydrogen-bond acceptors (Lipinski definition) is 9. The lowest BCUT2D eigenvalue weighted by Gasteiger charge is -2.30. The number of likely N-dealkylation sites (N-methyl/N-ethyl adjacent to an activating group) is 1. The molecule has 11 nitrogen and oxygen atoms in total. The van der Waals surface area contributed by atoms with Crippen LogP contribution in [0.4, 0.5) is 5.69 Å². The van der Waals surface area contributed by atoms with Crippen molar-refractivity contribution >= 4 is 44.9 Å². The summed E-state index contributed by atoms with van der Waals surface area (Å²) >= 11 is 4.56. The van der Waals surface area contributed by atoms with Gasteiger partial charge in [-0.15, -0.1) is 0 Å². The number of carbonyl (C=O) groups is 1. The lowest BCUT2D eigenvalue weighted by atomic mass is 9.93. The van der Waals surface area contributed by atoms with Crippen LogP contribution in [0.5, 0.6) is 11.5 Å². The van der Waals surface area contributed by atoms with Crippen LogP contribution in [0.1, 0.15) is 38.1 Å². The molecule has 3 heterocycles. The van der Waals surface area contributed by atoms with E-state index in [4.69, 9.17) is 18.9 Å². The molecule has 5 rings (SSSR count). The minimum Gasteiger partial charge on any atom is -0.497 e. The second-order valence-corrected chi connectivity index (χ2v) is 11.7. The SMILES string of the molecule is CCN(CC)C(=O)C1=C(C)N=c2s/c(=C/c3ccc(-c4ccc([N+](=O)[O-])cc4Br)o3)c(=O)n2[C@H]1c1cc(OC)ccc1OC. The van der Waals surface area contributed by atoms with Crippen molar-refractivity contribution in [3.05, 3.63) is 105 Å². The van der Waals surface area contributed by atoms with Gasteiger partial charge in [0.2, 0.25) is 0 Å². The third-order valence-electron chi connectivity index (χ3n) is 7.36. The highest BCUT2D eigenvalue weighted by Crippen LogP contribution is 2.38. The molecule has 2 aromatic carbocycles. The Labute approximate surface area is 264 Å². The molecule has 0 unspecified atom stereocenters. The number of fused-ring (bicyclic) bond motifs is 1. The first-order valence-electron chi connectivity index (χ1n) is 13.7. The number of non-ortho nitro benzene ring substituents is 1. The van der Waals surface area contributed by atoms with Crippen molar-refractivity contribution in [2.75, 3.05) is 27.3 Å². The Kier molecular flexibility index (Phi) is 8.88. The molecule has 4 aromatic rings. The Morgan fingerprint density at radius 2 is 1.91 bits per heavy atom.